The second kappa shape index (κ2) is 12.8. The van der Waals surface area contributed by atoms with Crippen molar-refractivity contribution in [1.82, 2.24) is 0 Å². The molecule has 2 aliphatic carbocycles. The first kappa shape index (κ1) is 35.8. The molecule has 0 unspecified atom stereocenters. The van der Waals surface area contributed by atoms with Crippen LogP contribution in [0.5, 0.6) is 0 Å². The molecule has 0 bridgehead atoms. The lowest BCUT2D eigenvalue weighted by atomic mass is 9.83. The van der Waals surface area contributed by atoms with Crippen molar-refractivity contribution < 1.29 is 0 Å². The van der Waals surface area contributed by atoms with Crippen LogP contribution >= 0.6 is 22.7 Å². The predicted octanol–water partition coefficient (Wildman–Crippen LogP) is 19.5. The first-order chi connectivity index (χ1) is 31.7. The third kappa shape index (κ3) is 4.60. The van der Waals surface area contributed by atoms with Gasteiger partial charge in [-0.2, -0.15) is 0 Å². The maximum atomic E-state index is 2.57. The maximum Gasteiger partial charge on any atom is 0.0361 e. The highest BCUT2D eigenvalue weighted by Crippen LogP contribution is 2.55. The minimum absolute atomic E-state index is 0. The van der Waals surface area contributed by atoms with Crippen molar-refractivity contribution in [3.63, 3.8) is 0 Å². The van der Waals surface area contributed by atoms with Crippen molar-refractivity contribution in [3.8, 4) is 66.8 Å². The minimum atomic E-state index is 0. The fraction of sp³-hybridized carbons (Fsp3) is 0.0159. The van der Waals surface area contributed by atoms with Gasteiger partial charge in [0.05, 0.1) is 0 Å². The Bertz CT molecular complexity index is 4180. The molecule has 2 aliphatic rings. The van der Waals surface area contributed by atoms with Gasteiger partial charge in [-0.15, -0.1) is 22.7 Å². The van der Waals surface area contributed by atoms with Crippen molar-refractivity contribution in [2.45, 2.75) is 7.43 Å². The highest BCUT2D eigenvalue weighted by Gasteiger charge is 2.28. The van der Waals surface area contributed by atoms with E-state index in [0.29, 0.717) is 0 Å². The zero-order valence-corrected chi connectivity index (χ0v) is 35.9. The average Bonchev–Trinajstić information content (AvgIpc) is 4.10. The Labute approximate surface area is 382 Å². The van der Waals surface area contributed by atoms with Crippen LogP contribution in [0.15, 0.2) is 194 Å². The molecule has 0 atom stereocenters. The van der Waals surface area contributed by atoms with Gasteiger partial charge in [0.1, 0.15) is 0 Å². The van der Waals surface area contributed by atoms with Gasteiger partial charge in [-0.25, -0.2) is 0 Å². The van der Waals surface area contributed by atoms with E-state index in [4.69, 9.17) is 0 Å². The molecule has 12 aromatic carbocycles. The van der Waals surface area contributed by atoms with E-state index in [9.17, 15) is 0 Å². The first-order valence-corrected chi connectivity index (χ1v) is 23.8. The summed E-state index contributed by atoms with van der Waals surface area (Å²) in [7, 11) is 0. The summed E-state index contributed by atoms with van der Waals surface area (Å²) in [5, 5.41) is 18.4. The fourth-order valence-electron chi connectivity index (χ4n) is 12.1. The van der Waals surface area contributed by atoms with Crippen LogP contribution in [0.25, 0.3) is 161 Å². The summed E-state index contributed by atoms with van der Waals surface area (Å²) in [5.74, 6) is 0. The van der Waals surface area contributed by atoms with Gasteiger partial charge in [0.25, 0.3) is 0 Å². The highest BCUT2D eigenvalue weighted by molar-refractivity contribution is 7.26. The van der Waals surface area contributed by atoms with E-state index in [0.717, 1.165) is 0 Å². The number of hydrogen-bond acceptors (Lipinski definition) is 2. The Balaban J connectivity index is 0.00000390. The molecule has 0 radical (unpaired) electrons. The Morgan fingerprint density at radius 1 is 0.200 bits per heavy atom. The highest BCUT2D eigenvalue weighted by atomic mass is 32.1. The predicted molar refractivity (Wildman–Crippen MR) is 286 cm³/mol. The molecule has 0 amide bonds. The van der Waals surface area contributed by atoms with Gasteiger partial charge in [-0.3, -0.25) is 0 Å². The number of fused-ring (bicyclic) bond motifs is 17. The van der Waals surface area contributed by atoms with E-state index >= 15 is 0 Å². The topological polar surface area (TPSA) is 0 Å². The molecule has 0 nitrogen and oxygen atoms in total. The lowest BCUT2D eigenvalue weighted by Gasteiger charge is -2.19. The summed E-state index contributed by atoms with van der Waals surface area (Å²) >= 11 is 3.80. The van der Waals surface area contributed by atoms with Crippen molar-refractivity contribution in [3.05, 3.63) is 194 Å². The lowest BCUT2D eigenvalue weighted by molar-refractivity contribution is 1.71. The summed E-state index contributed by atoms with van der Waals surface area (Å²) in [5.41, 5.74) is 15.7. The molecule has 0 fully saturated rings. The summed E-state index contributed by atoms with van der Waals surface area (Å²) in [6, 6.07) is 74.4. The van der Waals surface area contributed by atoms with Crippen LogP contribution in [0.2, 0.25) is 0 Å². The van der Waals surface area contributed by atoms with Gasteiger partial charge in [-0.1, -0.05) is 141 Å². The van der Waals surface area contributed by atoms with E-state index < -0.39 is 0 Å². The lowest BCUT2D eigenvalue weighted by Crippen LogP contribution is -1.92. The largest absolute Gasteiger partial charge is 0.135 e. The molecule has 2 heteroatoms. The molecule has 2 heterocycles. The molecular weight excluding hydrogens is 821 g/mol. The fourth-order valence-corrected chi connectivity index (χ4v) is 14.3. The summed E-state index contributed by atoms with van der Waals surface area (Å²) in [6.45, 7) is 0. The number of thiophene rings is 2. The van der Waals surface area contributed by atoms with E-state index in [1.54, 1.807) is 0 Å². The smallest absolute Gasteiger partial charge is 0.0361 e. The monoisotopic (exact) mass is 856 g/mol. The number of benzene rings is 12. The Hall–Kier alpha value is -7.62. The van der Waals surface area contributed by atoms with E-state index in [2.05, 4.69) is 194 Å². The first-order valence-electron chi connectivity index (χ1n) is 22.1. The Morgan fingerprint density at radius 3 is 0.892 bits per heavy atom. The molecule has 65 heavy (non-hydrogen) atoms. The van der Waals surface area contributed by atoms with Crippen molar-refractivity contribution >= 4 is 117 Å². The second-order valence-electron chi connectivity index (χ2n) is 17.8. The molecule has 0 spiro atoms. The van der Waals surface area contributed by atoms with Gasteiger partial charge in [-0.05, 0) is 181 Å². The third-order valence-electron chi connectivity index (χ3n) is 14.7. The van der Waals surface area contributed by atoms with Crippen LogP contribution in [0.1, 0.15) is 7.43 Å². The normalized spacial score (nSPS) is 12.5. The zero-order valence-electron chi connectivity index (χ0n) is 34.3. The number of rotatable bonds is 2. The van der Waals surface area contributed by atoms with Crippen LogP contribution in [-0.2, 0) is 0 Å². The Kier molecular flexibility index (Phi) is 7.03. The number of hydrogen-bond donors (Lipinski definition) is 0. The van der Waals surface area contributed by atoms with E-state index in [1.807, 2.05) is 22.7 Å². The molecule has 14 aromatic rings. The summed E-state index contributed by atoms with van der Waals surface area (Å²) in [4.78, 5) is 0. The van der Waals surface area contributed by atoms with E-state index in [1.165, 1.54) is 161 Å². The molecule has 300 valence electrons. The third-order valence-corrected chi connectivity index (χ3v) is 17.0. The molecule has 0 N–H and O–H groups in total. The van der Waals surface area contributed by atoms with Crippen LogP contribution in [-0.4, -0.2) is 0 Å². The molecule has 16 rings (SSSR count). The van der Waals surface area contributed by atoms with E-state index in [-0.39, 0.29) is 7.43 Å². The van der Waals surface area contributed by atoms with Gasteiger partial charge >= 0.3 is 0 Å². The van der Waals surface area contributed by atoms with Gasteiger partial charge in [0.15, 0.2) is 0 Å². The molecule has 0 saturated carbocycles. The standard InChI is InChI=1S/C62H32S2.CH4/c1-3-23-55-41(15-1)61-39(21-9-25-57(61)63-55)47-31-53-52-30-46-38-20-8-14-34-12-6-18-36(60(34)38)44(46)28-50(52)48(40-22-10-26-58-62(40)42-16-2-4-24-56(42)64-58)32-54(53)51-29-45-37-19-7-13-33-11-5-17-35(59(33)37)43(45)27-49(47)51;/h1-32H;1H4. The maximum absolute atomic E-state index is 2.57. The summed E-state index contributed by atoms with van der Waals surface area (Å²) in [6.07, 6.45) is 0. The summed E-state index contributed by atoms with van der Waals surface area (Å²) < 4.78 is 5.30. The zero-order chi connectivity index (χ0) is 41.4. The molecular formula is C63H36S2. The van der Waals surface area contributed by atoms with Gasteiger partial charge in [0.2, 0.25) is 0 Å². The molecule has 2 aromatic heterocycles. The van der Waals surface area contributed by atoms with Gasteiger partial charge in [0, 0.05) is 40.3 Å². The Morgan fingerprint density at radius 2 is 0.492 bits per heavy atom. The second-order valence-corrected chi connectivity index (χ2v) is 20.0. The van der Waals surface area contributed by atoms with Crippen LogP contribution in [0.4, 0.5) is 0 Å². The quantitative estimate of drug-likeness (QED) is 0.152. The minimum Gasteiger partial charge on any atom is -0.135 e. The molecule has 0 saturated heterocycles. The van der Waals surface area contributed by atoms with Crippen LogP contribution in [0, 0.1) is 0 Å². The van der Waals surface area contributed by atoms with Crippen molar-refractivity contribution in [2.24, 2.45) is 0 Å². The molecule has 0 aliphatic heterocycles. The van der Waals surface area contributed by atoms with Crippen molar-refractivity contribution in [2.75, 3.05) is 0 Å². The average molecular weight is 857 g/mol. The van der Waals surface area contributed by atoms with Crippen LogP contribution < -0.4 is 0 Å². The van der Waals surface area contributed by atoms with Crippen LogP contribution in [0.3, 0.4) is 0 Å². The van der Waals surface area contributed by atoms with Crippen molar-refractivity contribution in [1.29, 1.82) is 0 Å². The van der Waals surface area contributed by atoms with Gasteiger partial charge < -0.3 is 0 Å². The SMILES string of the molecule is C.c1cc2c3c(cccc3c1)-c1cc3c(cc1-2)c(-c1cccc2sc4ccccc4c12)cc1c2cc4c(cc2c(-c2cccc5sc6ccccc6c25)cc31)-c1cccc2cccc-4c12.